The zero-order valence-corrected chi connectivity index (χ0v) is 14.4. The molecule has 1 aromatic heterocycles. The molecule has 124 valence electrons. The lowest BCUT2D eigenvalue weighted by Gasteiger charge is -2.11. The molecule has 0 aliphatic carbocycles. The Kier molecular flexibility index (Phi) is 8.22. The summed E-state index contributed by atoms with van der Waals surface area (Å²) in [6.07, 6.45) is 2.11. The third-order valence-corrected chi connectivity index (χ3v) is 4.23. The van der Waals surface area contributed by atoms with Crippen molar-refractivity contribution < 1.29 is 4.74 Å². The average Bonchev–Trinajstić information content (AvgIpc) is 3.11. The summed E-state index contributed by atoms with van der Waals surface area (Å²) in [4.78, 5) is 5.54. The van der Waals surface area contributed by atoms with Crippen LogP contribution in [0.2, 0.25) is 0 Å². The summed E-state index contributed by atoms with van der Waals surface area (Å²) in [6.45, 7) is 3.20. The minimum absolute atomic E-state index is 0.693. The average molecular weight is 331 g/mol. The molecule has 0 aliphatic rings. The molecule has 5 heteroatoms. The van der Waals surface area contributed by atoms with Crippen LogP contribution in [0, 0.1) is 0 Å². The molecule has 0 spiro atoms. The molecule has 0 radical (unpaired) electrons. The van der Waals surface area contributed by atoms with E-state index in [0.717, 1.165) is 38.5 Å². The second-order valence-electron chi connectivity index (χ2n) is 5.18. The van der Waals surface area contributed by atoms with Gasteiger partial charge in [-0.25, -0.2) is 0 Å². The number of hydrogen-bond donors (Lipinski definition) is 2. The number of rotatable bonds is 9. The molecule has 2 aromatic rings. The molecule has 1 aromatic carbocycles. The van der Waals surface area contributed by atoms with E-state index in [0.29, 0.717) is 6.61 Å². The number of nitrogens with one attached hydrogen (secondary N) is 2. The van der Waals surface area contributed by atoms with Gasteiger partial charge in [0.15, 0.2) is 5.96 Å². The van der Waals surface area contributed by atoms with Crippen molar-refractivity contribution >= 4 is 17.3 Å². The second-order valence-corrected chi connectivity index (χ2v) is 6.21. The maximum atomic E-state index is 5.68. The minimum Gasteiger partial charge on any atom is -0.377 e. The van der Waals surface area contributed by atoms with Crippen molar-refractivity contribution in [2.24, 2.45) is 4.99 Å². The van der Waals surface area contributed by atoms with Gasteiger partial charge in [-0.1, -0.05) is 36.4 Å². The Morgan fingerprint density at radius 1 is 1.09 bits per heavy atom. The number of unbranched alkanes of at least 4 members (excludes halogenated alkanes) is 1. The van der Waals surface area contributed by atoms with Crippen molar-refractivity contribution in [2.45, 2.75) is 26.0 Å². The summed E-state index contributed by atoms with van der Waals surface area (Å²) < 4.78 is 5.68. The molecule has 1 heterocycles. The highest BCUT2D eigenvalue weighted by Gasteiger charge is 1.98. The van der Waals surface area contributed by atoms with Crippen LogP contribution in [-0.2, 0) is 17.9 Å². The van der Waals surface area contributed by atoms with E-state index in [2.05, 4.69) is 45.3 Å². The first-order chi connectivity index (χ1) is 11.4. The van der Waals surface area contributed by atoms with Gasteiger partial charge in [0.2, 0.25) is 0 Å². The van der Waals surface area contributed by atoms with Gasteiger partial charge in [-0.3, -0.25) is 4.99 Å². The van der Waals surface area contributed by atoms with Gasteiger partial charge in [0.1, 0.15) is 0 Å². The van der Waals surface area contributed by atoms with Crippen molar-refractivity contribution in [3.63, 3.8) is 0 Å². The van der Waals surface area contributed by atoms with Gasteiger partial charge in [0.05, 0.1) is 13.2 Å². The Hall–Kier alpha value is -1.85. The highest BCUT2D eigenvalue weighted by molar-refractivity contribution is 7.09. The number of hydrogen-bond acceptors (Lipinski definition) is 3. The van der Waals surface area contributed by atoms with Crippen molar-refractivity contribution in [2.75, 3.05) is 20.2 Å². The third kappa shape index (κ3) is 7.30. The van der Waals surface area contributed by atoms with Crippen molar-refractivity contribution in [3.8, 4) is 0 Å². The predicted molar refractivity (Wildman–Crippen MR) is 97.9 cm³/mol. The fraction of sp³-hybridized carbons (Fsp3) is 0.389. The molecule has 0 amide bonds. The van der Waals surface area contributed by atoms with Gasteiger partial charge in [-0.2, -0.15) is 0 Å². The largest absolute Gasteiger partial charge is 0.377 e. The van der Waals surface area contributed by atoms with Gasteiger partial charge in [-0.15, -0.1) is 11.3 Å². The molecular weight excluding hydrogens is 306 g/mol. The number of aliphatic imine (C=N–C) groups is 1. The lowest BCUT2D eigenvalue weighted by Crippen LogP contribution is -2.37. The fourth-order valence-corrected chi connectivity index (χ4v) is 2.75. The lowest BCUT2D eigenvalue weighted by atomic mass is 10.2. The van der Waals surface area contributed by atoms with Gasteiger partial charge in [0.25, 0.3) is 0 Å². The van der Waals surface area contributed by atoms with E-state index in [4.69, 9.17) is 4.74 Å². The molecule has 0 bridgehead atoms. The fourth-order valence-electron chi connectivity index (χ4n) is 2.10. The summed E-state index contributed by atoms with van der Waals surface area (Å²) in [5.41, 5.74) is 1.23. The zero-order chi connectivity index (χ0) is 16.2. The Morgan fingerprint density at radius 2 is 1.96 bits per heavy atom. The summed E-state index contributed by atoms with van der Waals surface area (Å²) >= 11 is 1.75. The maximum absolute atomic E-state index is 5.68. The number of nitrogens with zero attached hydrogens (tertiary/aromatic N) is 1. The van der Waals surface area contributed by atoms with Gasteiger partial charge in [0, 0.05) is 25.1 Å². The topological polar surface area (TPSA) is 45.7 Å². The molecule has 0 aliphatic heterocycles. The van der Waals surface area contributed by atoms with E-state index < -0.39 is 0 Å². The van der Waals surface area contributed by atoms with E-state index in [1.165, 1.54) is 10.4 Å². The van der Waals surface area contributed by atoms with E-state index in [1.54, 1.807) is 18.4 Å². The molecule has 4 nitrogen and oxygen atoms in total. The number of thiophene rings is 1. The van der Waals surface area contributed by atoms with E-state index in [-0.39, 0.29) is 0 Å². The monoisotopic (exact) mass is 331 g/mol. The first-order valence-corrected chi connectivity index (χ1v) is 8.85. The molecule has 2 N–H and O–H groups in total. The van der Waals surface area contributed by atoms with Crippen LogP contribution in [-0.4, -0.2) is 26.2 Å². The quantitative estimate of drug-likeness (QED) is 0.420. The first kappa shape index (κ1) is 17.5. The summed E-state index contributed by atoms with van der Waals surface area (Å²) in [7, 11) is 1.80. The Morgan fingerprint density at radius 3 is 2.70 bits per heavy atom. The smallest absolute Gasteiger partial charge is 0.191 e. The van der Waals surface area contributed by atoms with Crippen LogP contribution >= 0.6 is 11.3 Å². The number of benzene rings is 1. The van der Waals surface area contributed by atoms with Crippen molar-refractivity contribution in [1.29, 1.82) is 0 Å². The summed E-state index contributed by atoms with van der Waals surface area (Å²) in [5, 5.41) is 8.73. The normalized spacial score (nSPS) is 11.4. The zero-order valence-electron chi connectivity index (χ0n) is 13.6. The van der Waals surface area contributed by atoms with E-state index >= 15 is 0 Å². The summed E-state index contributed by atoms with van der Waals surface area (Å²) in [6, 6.07) is 14.5. The molecule has 0 atom stereocenters. The number of guanidine groups is 1. The SMILES string of the molecule is CN=C(NCCCCOCc1ccccc1)NCc1cccs1. The van der Waals surface area contributed by atoms with Crippen LogP contribution in [0.15, 0.2) is 52.8 Å². The van der Waals surface area contributed by atoms with Crippen molar-refractivity contribution in [3.05, 3.63) is 58.3 Å². The maximum Gasteiger partial charge on any atom is 0.191 e. The highest BCUT2D eigenvalue weighted by atomic mass is 32.1. The Balaban J connectivity index is 1.49. The molecular formula is C18H25N3OS. The highest BCUT2D eigenvalue weighted by Crippen LogP contribution is 2.07. The Labute approximate surface area is 142 Å². The minimum atomic E-state index is 0.693. The van der Waals surface area contributed by atoms with Crippen LogP contribution in [0.1, 0.15) is 23.3 Å². The standard InChI is InChI=1S/C18H25N3OS/c1-19-18(21-14-17-10-7-13-23-17)20-11-5-6-12-22-15-16-8-3-2-4-9-16/h2-4,7-10,13H,5-6,11-12,14-15H2,1H3,(H2,19,20,21). The van der Waals surface area contributed by atoms with Gasteiger partial charge < -0.3 is 15.4 Å². The molecule has 0 saturated heterocycles. The summed E-state index contributed by atoms with van der Waals surface area (Å²) in [5.74, 6) is 0.851. The third-order valence-electron chi connectivity index (χ3n) is 3.35. The molecule has 0 fully saturated rings. The van der Waals surface area contributed by atoms with Crippen LogP contribution < -0.4 is 10.6 Å². The first-order valence-electron chi connectivity index (χ1n) is 7.97. The predicted octanol–water partition coefficient (Wildman–Crippen LogP) is 3.41. The number of ether oxygens (including phenoxy) is 1. The van der Waals surface area contributed by atoms with Gasteiger partial charge in [-0.05, 0) is 29.9 Å². The Bertz CT molecular complexity index is 555. The molecule has 0 unspecified atom stereocenters. The van der Waals surface area contributed by atoms with E-state index in [9.17, 15) is 0 Å². The molecule has 2 rings (SSSR count). The molecule has 0 saturated carbocycles. The van der Waals surface area contributed by atoms with Crippen LogP contribution in [0.25, 0.3) is 0 Å². The van der Waals surface area contributed by atoms with Crippen LogP contribution in [0.3, 0.4) is 0 Å². The van der Waals surface area contributed by atoms with Gasteiger partial charge >= 0.3 is 0 Å². The van der Waals surface area contributed by atoms with E-state index in [1.807, 2.05) is 18.2 Å². The van der Waals surface area contributed by atoms with Crippen LogP contribution in [0.5, 0.6) is 0 Å². The van der Waals surface area contributed by atoms with Crippen molar-refractivity contribution in [1.82, 2.24) is 10.6 Å². The van der Waals surface area contributed by atoms with Crippen LogP contribution in [0.4, 0.5) is 0 Å². The second kappa shape index (κ2) is 10.8. The lowest BCUT2D eigenvalue weighted by molar-refractivity contribution is 0.117. The molecule has 23 heavy (non-hydrogen) atoms.